The molecule has 4 aliphatic carbocycles. The Kier molecular flexibility index (Phi) is 9.06. The summed E-state index contributed by atoms with van der Waals surface area (Å²) in [6.45, 7) is 41.8. The minimum absolute atomic E-state index is 0.352. The standard InChI is InChI=1S/C42H74/c1-27-29(3)39(13,22-21-37(27,9)10)23-24-40(14)31(5)33(7)41(15,34(8)32(40)6)25-26-42(16)30(4)28(2)38(11,12)35-19-17-18-20-36(35)42/h17-20,27-36H,21-26H2,1-16H3. The highest BCUT2D eigenvalue weighted by Crippen LogP contribution is 2.66. The average Bonchev–Trinajstić information content (AvgIpc) is 2.96. The van der Waals surface area contributed by atoms with Crippen molar-refractivity contribution in [2.24, 2.45) is 91.7 Å². The van der Waals surface area contributed by atoms with E-state index >= 15 is 0 Å². The van der Waals surface area contributed by atoms with E-state index in [1.807, 2.05) is 0 Å². The molecule has 0 nitrogen and oxygen atoms in total. The molecule has 0 radical (unpaired) electrons. The maximum atomic E-state index is 2.71. The fourth-order valence-corrected chi connectivity index (χ4v) is 12.0. The zero-order chi connectivity index (χ0) is 31.8. The van der Waals surface area contributed by atoms with Crippen molar-refractivity contribution in [3.63, 3.8) is 0 Å². The molecule has 0 saturated heterocycles. The van der Waals surface area contributed by atoms with Crippen LogP contribution in [-0.2, 0) is 0 Å². The third-order valence-corrected chi connectivity index (χ3v) is 18.2. The van der Waals surface area contributed by atoms with Crippen LogP contribution in [0.1, 0.15) is 149 Å². The van der Waals surface area contributed by atoms with E-state index in [9.17, 15) is 0 Å². The van der Waals surface area contributed by atoms with E-state index in [1.54, 1.807) is 0 Å². The molecule has 3 fully saturated rings. The molecule has 0 aromatic rings. The van der Waals surface area contributed by atoms with Gasteiger partial charge in [-0.25, -0.2) is 0 Å². The van der Waals surface area contributed by atoms with Gasteiger partial charge in [0.15, 0.2) is 0 Å². The largest absolute Gasteiger partial charge is 0.0803 e. The lowest BCUT2D eigenvalue weighted by Crippen LogP contribution is -2.56. The topological polar surface area (TPSA) is 0 Å². The molecule has 4 aliphatic rings. The summed E-state index contributed by atoms with van der Waals surface area (Å²) in [4.78, 5) is 0. The number of hydrogen-bond acceptors (Lipinski definition) is 0. The lowest BCUT2D eigenvalue weighted by molar-refractivity contribution is -0.138. The summed E-state index contributed by atoms with van der Waals surface area (Å²) >= 11 is 0. The van der Waals surface area contributed by atoms with Gasteiger partial charge in [-0.2, -0.15) is 0 Å². The van der Waals surface area contributed by atoms with Crippen molar-refractivity contribution in [1.82, 2.24) is 0 Å². The fourth-order valence-electron chi connectivity index (χ4n) is 12.0. The summed E-state index contributed by atoms with van der Waals surface area (Å²) in [6.07, 6.45) is 18.2. The van der Waals surface area contributed by atoms with Gasteiger partial charge in [0.2, 0.25) is 0 Å². The number of hydrogen-bond donors (Lipinski definition) is 0. The predicted molar refractivity (Wildman–Crippen MR) is 186 cm³/mol. The summed E-state index contributed by atoms with van der Waals surface area (Å²) in [5.41, 5.74) is 2.49. The van der Waals surface area contributed by atoms with Gasteiger partial charge in [0.05, 0.1) is 0 Å². The van der Waals surface area contributed by atoms with Crippen LogP contribution >= 0.6 is 0 Å². The first-order chi connectivity index (χ1) is 19.1. The Labute approximate surface area is 264 Å². The smallest absolute Gasteiger partial charge is 0.0105 e. The van der Waals surface area contributed by atoms with E-state index in [0.717, 1.165) is 47.3 Å². The summed E-state index contributed by atoms with van der Waals surface area (Å²) in [5, 5.41) is 0. The van der Waals surface area contributed by atoms with Gasteiger partial charge in [-0.15, -0.1) is 0 Å². The molecule has 12 unspecified atom stereocenters. The Balaban J connectivity index is 1.53. The van der Waals surface area contributed by atoms with Crippen LogP contribution in [0.5, 0.6) is 0 Å². The van der Waals surface area contributed by atoms with Crippen molar-refractivity contribution in [1.29, 1.82) is 0 Å². The van der Waals surface area contributed by atoms with Crippen LogP contribution in [0, 0.1) is 91.7 Å². The van der Waals surface area contributed by atoms with Crippen LogP contribution < -0.4 is 0 Å². The SMILES string of the molecule is CC1C(C)C(C)(CCC2(C)C(C)C(C)C(C)(CCC3(C)C(C)C(C)C(C)(C)C4C=CC=CC43)C(C)C2C)CCC1(C)C. The fraction of sp³-hybridized carbons (Fsp3) is 0.905. The molecule has 4 rings (SSSR count). The van der Waals surface area contributed by atoms with Gasteiger partial charge in [0.25, 0.3) is 0 Å². The van der Waals surface area contributed by atoms with E-state index in [0.29, 0.717) is 44.3 Å². The molecular formula is C42H74. The second-order valence-corrected chi connectivity index (χ2v) is 19.6. The molecule has 0 heteroatoms. The van der Waals surface area contributed by atoms with Crippen molar-refractivity contribution in [2.75, 3.05) is 0 Å². The zero-order valence-corrected chi connectivity index (χ0v) is 31.3. The monoisotopic (exact) mass is 579 g/mol. The lowest BCUT2D eigenvalue weighted by Gasteiger charge is -2.63. The first-order valence-electron chi connectivity index (χ1n) is 18.5. The van der Waals surface area contributed by atoms with Gasteiger partial charge in [-0.3, -0.25) is 0 Å². The van der Waals surface area contributed by atoms with Crippen LogP contribution in [-0.4, -0.2) is 0 Å². The quantitative estimate of drug-likeness (QED) is 0.294. The van der Waals surface area contributed by atoms with Gasteiger partial charge in [-0.1, -0.05) is 135 Å². The molecule has 0 aromatic heterocycles. The average molecular weight is 579 g/mol. The van der Waals surface area contributed by atoms with Crippen molar-refractivity contribution in [3.05, 3.63) is 24.3 Å². The first-order valence-corrected chi connectivity index (χ1v) is 18.5. The third kappa shape index (κ3) is 5.06. The molecule has 42 heavy (non-hydrogen) atoms. The van der Waals surface area contributed by atoms with Crippen LogP contribution in [0.3, 0.4) is 0 Å². The van der Waals surface area contributed by atoms with E-state index in [-0.39, 0.29) is 0 Å². The molecule has 242 valence electrons. The predicted octanol–water partition coefficient (Wildman–Crippen LogP) is 12.9. The second-order valence-electron chi connectivity index (χ2n) is 19.6. The van der Waals surface area contributed by atoms with E-state index < -0.39 is 0 Å². The molecule has 0 aromatic carbocycles. The molecule has 0 aliphatic heterocycles. The van der Waals surface area contributed by atoms with Crippen LogP contribution in [0.4, 0.5) is 0 Å². The van der Waals surface area contributed by atoms with Crippen LogP contribution in [0.2, 0.25) is 0 Å². The maximum Gasteiger partial charge on any atom is -0.0105 e. The van der Waals surface area contributed by atoms with E-state index in [1.165, 1.54) is 38.5 Å². The summed E-state index contributed by atoms with van der Waals surface area (Å²) in [7, 11) is 0. The van der Waals surface area contributed by atoms with Gasteiger partial charge in [0, 0.05) is 0 Å². The third-order valence-electron chi connectivity index (χ3n) is 18.2. The highest BCUT2D eigenvalue weighted by atomic mass is 14.6. The van der Waals surface area contributed by atoms with E-state index in [4.69, 9.17) is 0 Å². The lowest BCUT2D eigenvalue weighted by atomic mass is 9.41. The van der Waals surface area contributed by atoms with Crippen LogP contribution in [0.25, 0.3) is 0 Å². The number of allylic oxidation sites excluding steroid dienone is 4. The minimum Gasteiger partial charge on any atom is -0.0803 e. The molecular weight excluding hydrogens is 504 g/mol. The Morgan fingerprint density at radius 2 is 0.833 bits per heavy atom. The van der Waals surface area contributed by atoms with Gasteiger partial charge in [0.1, 0.15) is 0 Å². The molecule has 3 saturated carbocycles. The Morgan fingerprint density at radius 3 is 1.33 bits per heavy atom. The molecule has 12 atom stereocenters. The Morgan fingerprint density at radius 1 is 0.429 bits per heavy atom. The van der Waals surface area contributed by atoms with Gasteiger partial charge in [-0.05, 0) is 130 Å². The van der Waals surface area contributed by atoms with Gasteiger partial charge < -0.3 is 0 Å². The summed E-state index contributed by atoms with van der Waals surface area (Å²) in [5.74, 6) is 7.39. The van der Waals surface area contributed by atoms with Crippen molar-refractivity contribution in [3.8, 4) is 0 Å². The van der Waals surface area contributed by atoms with Crippen molar-refractivity contribution in [2.45, 2.75) is 149 Å². The molecule has 0 bridgehead atoms. The molecule has 0 amide bonds. The summed E-state index contributed by atoms with van der Waals surface area (Å²) < 4.78 is 0. The number of rotatable bonds is 6. The summed E-state index contributed by atoms with van der Waals surface area (Å²) in [6, 6.07) is 0. The minimum atomic E-state index is 0.352. The molecule has 0 heterocycles. The maximum absolute atomic E-state index is 2.71. The Hall–Kier alpha value is -0.520. The highest BCUT2D eigenvalue weighted by Gasteiger charge is 2.59. The number of fused-ring (bicyclic) bond motifs is 1. The van der Waals surface area contributed by atoms with E-state index in [2.05, 4.69) is 135 Å². The van der Waals surface area contributed by atoms with Crippen LogP contribution in [0.15, 0.2) is 24.3 Å². The Bertz CT molecular complexity index is 1010. The highest BCUT2D eigenvalue weighted by molar-refractivity contribution is 5.23. The zero-order valence-electron chi connectivity index (χ0n) is 31.3. The normalized spacial score (nSPS) is 53.5. The first kappa shape index (κ1) is 34.4. The van der Waals surface area contributed by atoms with Crippen molar-refractivity contribution < 1.29 is 0 Å². The van der Waals surface area contributed by atoms with Crippen molar-refractivity contribution >= 4 is 0 Å². The van der Waals surface area contributed by atoms with Gasteiger partial charge >= 0.3 is 0 Å². The molecule has 0 spiro atoms. The second kappa shape index (κ2) is 11.1. The molecule has 0 N–H and O–H groups in total.